The normalized spacial score (nSPS) is 10.2. The van der Waals surface area contributed by atoms with Crippen LogP contribution in [-0.2, 0) is 11.3 Å². The molecule has 0 atom stereocenters. The molecule has 0 aliphatic rings. The topological polar surface area (TPSA) is 65.1 Å². The Labute approximate surface area is 175 Å². The van der Waals surface area contributed by atoms with Crippen LogP contribution in [0.4, 0.5) is 5.69 Å². The molecule has 0 saturated carbocycles. The molecule has 1 amide bonds. The van der Waals surface area contributed by atoms with Gasteiger partial charge in [-0.3, -0.25) is 4.79 Å². The average Bonchev–Trinajstić information content (AvgIpc) is 2.81. The van der Waals surface area contributed by atoms with E-state index in [0.29, 0.717) is 34.9 Å². The molecule has 0 aliphatic heterocycles. The van der Waals surface area contributed by atoms with Crippen molar-refractivity contribution in [2.24, 2.45) is 0 Å². The lowest BCUT2D eigenvalue weighted by Gasteiger charge is -2.22. The number of anilines is 1. The third-order valence-electron chi connectivity index (χ3n) is 4.62. The van der Waals surface area contributed by atoms with Gasteiger partial charge in [-0.15, -0.1) is 0 Å². The van der Waals surface area contributed by atoms with E-state index in [1.165, 1.54) is 19.1 Å². The molecule has 0 saturated heterocycles. The zero-order valence-corrected chi connectivity index (χ0v) is 17.1. The lowest BCUT2D eigenvalue weighted by atomic mass is 10.1. The van der Waals surface area contributed by atoms with Gasteiger partial charge in [-0.2, -0.15) is 0 Å². The third kappa shape index (κ3) is 4.60. The highest BCUT2D eigenvalue weighted by Gasteiger charge is 2.21. The molecule has 0 N–H and O–H groups in total. The maximum Gasteiger partial charge on any atom is 0.337 e. The summed E-state index contributed by atoms with van der Waals surface area (Å²) >= 11 is 0. The minimum absolute atomic E-state index is 0.261. The molecular formula is C24H23NO5. The first-order chi connectivity index (χ1) is 14.5. The van der Waals surface area contributed by atoms with Crippen molar-refractivity contribution in [2.75, 3.05) is 26.2 Å². The Hall–Kier alpha value is -3.80. The van der Waals surface area contributed by atoms with Crippen LogP contribution in [-0.4, -0.2) is 33.1 Å². The molecule has 6 heteroatoms. The van der Waals surface area contributed by atoms with Crippen molar-refractivity contribution in [1.29, 1.82) is 0 Å². The van der Waals surface area contributed by atoms with E-state index in [9.17, 15) is 9.59 Å². The second-order valence-electron chi connectivity index (χ2n) is 6.51. The number of hydrogen-bond donors (Lipinski definition) is 0. The Morgan fingerprint density at radius 3 is 2.27 bits per heavy atom. The van der Waals surface area contributed by atoms with Crippen LogP contribution in [0.2, 0.25) is 0 Å². The highest BCUT2D eigenvalue weighted by Crippen LogP contribution is 2.31. The molecule has 0 radical (unpaired) electrons. The van der Waals surface area contributed by atoms with Gasteiger partial charge in [0.15, 0.2) is 0 Å². The lowest BCUT2D eigenvalue weighted by molar-refractivity contribution is 0.0600. The zero-order chi connectivity index (χ0) is 21.5. The van der Waals surface area contributed by atoms with Gasteiger partial charge < -0.3 is 19.1 Å². The van der Waals surface area contributed by atoms with Crippen molar-refractivity contribution >= 4 is 17.6 Å². The van der Waals surface area contributed by atoms with Crippen LogP contribution in [0.25, 0.3) is 0 Å². The standard InChI is InChI=1S/C24H23NO5/c1-25(20-14-13-18(24(27)29-3)15-22(20)28-2)23(26)19-11-7-8-12-21(19)30-16-17-9-5-4-6-10-17/h4-15H,16H2,1-3H3. The Morgan fingerprint density at radius 1 is 0.867 bits per heavy atom. The van der Waals surface area contributed by atoms with E-state index < -0.39 is 5.97 Å². The monoisotopic (exact) mass is 405 g/mol. The number of ether oxygens (including phenoxy) is 3. The van der Waals surface area contributed by atoms with Gasteiger partial charge in [0.25, 0.3) is 5.91 Å². The fourth-order valence-corrected chi connectivity index (χ4v) is 2.99. The molecule has 0 bridgehead atoms. The summed E-state index contributed by atoms with van der Waals surface area (Å²) in [4.78, 5) is 26.5. The van der Waals surface area contributed by atoms with Crippen molar-refractivity contribution < 1.29 is 23.8 Å². The van der Waals surface area contributed by atoms with Crippen LogP contribution < -0.4 is 14.4 Å². The number of carbonyl (C=O) groups excluding carboxylic acids is 2. The first kappa shape index (κ1) is 20.9. The van der Waals surface area contributed by atoms with Crippen LogP contribution in [0.15, 0.2) is 72.8 Å². The molecule has 0 aliphatic carbocycles. The van der Waals surface area contributed by atoms with E-state index in [2.05, 4.69) is 0 Å². The van der Waals surface area contributed by atoms with Gasteiger partial charge in [-0.05, 0) is 35.9 Å². The Morgan fingerprint density at radius 2 is 1.57 bits per heavy atom. The summed E-state index contributed by atoms with van der Waals surface area (Å²) < 4.78 is 16.0. The average molecular weight is 405 g/mol. The van der Waals surface area contributed by atoms with E-state index in [0.717, 1.165) is 5.56 Å². The van der Waals surface area contributed by atoms with E-state index >= 15 is 0 Å². The lowest BCUT2D eigenvalue weighted by Crippen LogP contribution is -2.27. The number of amides is 1. The van der Waals surface area contributed by atoms with Gasteiger partial charge in [0.2, 0.25) is 0 Å². The molecule has 30 heavy (non-hydrogen) atoms. The van der Waals surface area contributed by atoms with Gasteiger partial charge in [-0.25, -0.2) is 4.79 Å². The molecule has 0 fully saturated rings. The van der Waals surface area contributed by atoms with Gasteiger partial charge >= 0.3 is 5.97 Å². The second kappa shape index (κ2) is 9.60. The number of methoxy groups -OCH3 is 2. The fourth-order valence-electron chi connectivity index (χ4n) is 2.99. The summed E-state index contributed by atoms with van der Waals surface area (Å²) in [5.74, 6) is 0.135. The van der Waals surface area contributed by atoms with Crippen molar-refractivity contribution in [3.63, 3.8) is 0 Å². The van der Waals surface area contributed by atoms with Gasteiger partial charge in [-0.1, -0.05) is 42.5 Å². The maximum atomic E-state index is 13.2. The predicted molar refractivity (Wildman–Crippen MR) is 114 cm³/mol. The summed E-state index contributed by atoms with van der Waals surface area (Å²) in [6.45, 7) is 0.353. The van der Waals surface area contributed by atoms with E-state index in [1.54, 1.807) is 43.4 Å². The van der Waals surface area contributed by atoms with Gasteiger partial charge in [0.1, 0.15) is 18.1 Å². The van der Waals surface area contributed by atoms with Crippen molar-refractivity contribution in [1.82, 2.24) is 0 Å². The minimum atomic E-state index is -0.478. The van der Waals surface area contributed by atoms with Crippen LogP contribution >= 0.6 is 0 Å². The number of para-hydroxylation sites is 1. The van der Waals surface area contributed by atoms with Crippen LogP contribution in [0.3, 0.4) is 0 Å². The van der Waals surface area contributed by atoms with Crippen molar-refractivity contribution in [3.05, 3.63) is 89.5 Å². The number of rotatable bonds is 7. The van der Waals surface area contributed by atoms with Gasteiger partial charge in [0, 0.05) is 7.05 Å². The third-order valence-corrected chi connectivity index (χ3v) is 4.62. The summed E-state index contributed by atoms with van der Waals surface area (Å²) in [5.41, 5.74) is 2.29. The van der Waals surface area contributed by atoms with Crippen molar-refractivity contribution in [2.45, 2.75) is 6.61 Å². The molecular weight excluding hydrogens is 382 g/mol. The number of esters is 1. The first-order valence-electron chi connectivity index (χ1n) is 9.35. The Kier molecular flexibility index (Phi) is 6.70. The fraction of sp³-hybridized carbons (Fsp3) is 0.167. The summed E-state index contributed by atoms with van der Waals surface area (Å²) in [7, 11) is 4.44. The van der Waals surface area contributed by atoms with E-state index in [4.69, 9.17) is 14.2 Å². The molecule has 3 rings (SSSR count). The van der Waals surface area contributed by atoms with E-state index in [1.807, 2.05) is 36.4 Å². The first-order valence-corrected chi connectivity index (χ1v) is 9.35. The smallest absolute Gasteiger partial charge is 0.337 e. The van der Waals surface area contributed by atoms with E-state index in [-0.39, 0.29) is 5.91 Å². The molecule has 0 aromatic heterocycles. The molecule has 154 valence electrons. The molecule has 0 heterocycles. The second-order valence-corrected chi connectivity index (χ2v) is 6.51. The summed E-state index contributed by atoms with van der Waals surface area (Å²) in [6.07, 6.45) is 0. The molecule has 0 unspecified atom stereocenters. The van der Waals surface area contributed by atoms with Crippen LogP contribution in [0, 0.1) is 0 Å². The summed E-state index contributed by atoms with van der Waals surface area (Å²) in [6, 6.07) is 21.6. The molecule has 0 spiro atoms. The highest BCUT2D eigenvalue weighted by molar-refractivity contribution is 6.08. The summed E-state index contributed by atoms with van der Waals surface area (Å²) in [5, 5.41) is 0. The minimum Gasteiger partial charge on any atom is -0.495 e. The van der Waals surface area contributed by atoms with Gasteiger partial charge in [0.05, 0.1) is 31.0 Å². The van der Waals surface area contributed by atoms with Crippen molar-refractivity contribution in [3.8, 4) is 11.5 Å². The predicted octanol–water partition coefficient (Wildman–Crippen LogP) is 4.34. The number of benzene rings is 3. The Bertz CT molecular complexity index is 1030. The SMILES string of the molecule is COC(=O)c1ccc(N(C)C(=O)c2ccccc2OCc2ccccc2)c(OC)c1. The Balaban J connectivity index is 1.85. The number of hydrogen-bond acceptors (Lipinski definition) is 5. The quantitative estimate of drug-likeness (QED) is 0.547. The highest BCUT2D eigenvalue weighted by atomic mass is 16.5. The number of nitrogens with zero attached hydrogens (tertiary/aromatic N) is 1. The maximum absolute atomic E-state index is 13.2. The largest absolute Gasteiger partial charge is 0.495 e. The van der Waals surface area contributed by atoms with Crippen LogP contribution in [0.1, 0.15) is 26.3 Å². The molecule has 3 aromatic rings. The number of carbonyl (C=O) groups is 2. The van der Waals surface area contributed by atoms with Crippen LogP contribution in [0.5, 0.6) is 11.5 Å². The molecule has 3 aromatic carbocycles. The molecule has 6 nitrogen and oxygen atoms in total. The zero-order valence-electron chi connectivity index (χ0n) is 17.1.